The molecule has 7 heteroatoms. The van der Waals surface area contributed by atoms with Crippen LogP contribution in [0.2, 0.25) is 5.02 Å². The Labute approximate surface area is 128 Å². The molecule has 3 heterocycles. The summed E-state index contributed by atoms with van der Waals surface area (Å²) in [6.07, 6.45) is 9.08. The number of aromatic nitrogens is 4. The number of hydrogen-bond donors (Lipinski definition) is 1. The van der Waals surface area contributed by atoms with Crippen LogP contribution in [0.25, 0.3) is 0 Å². The second kappa shape index (κ2) is 6.41. The van der Waals surface area contributed by atoms with Gasteiger partial charge in [-0.05, 0) is 19.8 Å². The molecule has 1 aliphatic heterocycles. The van der Waals surface area contributed by atoms with Crippen molar-refractivity contribution in [2.45, 2.75) is 38.5 Å². The fourth-order valence-corrected chi connectivity index (χ4v) is 2.61. The van der Waals surface area contributed by atoms with E-state index in [0.717, 1.165) is 31.6 Å². The third kappa shape index (κ3) is 3.33. The second-order valence-corrected chi connectivity index (χ2v) is 5.48. The summed E-state index contributed by atoms with van der Waals surface area (Å²) < 4.78 is 7.84. The van der Waals surface area contributed by atoms with Crippen LogP contribution in [-0.2, 0) is 11.3 Å². The van der Waals surface area contributed by atoms with Gasteiger partial charge in [-0.2, -0.15) is 5.10 Å². The number of ether oxygens (including phenoxy) is 1. The third-order valence-electron chi connectivity index (χ3n) is 3.56. The monoisotopic (exact) mass is 307 g/mol. The first-order valence-electron chi connectivity index (χ1n) is 7.14. The highest BCUT2D eigenvalue weighted by atomic mass is 35.5. The maximum Gasteiger partial charge on any atom is 0.222 e. The Morgan fingerprint density at radius 2 is 2.19 bits per heavy atom. The van der Waals surface area contributed by atoms with E-state index in [1.54, 1.807) is 12.4 Å². The molecule has 0 amide bonds. The summed E-state index contributed by atoms with van der Waals surface area (Å²) in [4.78, 5) is 8.38. The van der Waals surface area contributed by atoms with Crippen LogP contribution in [0.5, 0.6) is 0 Å². The number of rotatable bonds is 4. The Balaban J connectivity index is 1.76. The molecule has 1 aliphatic rings. The van der Waals surface area contributed by atoms with Gasteiger partial charge in [-0.1, -0.05) is 11.6 Å². The van der Waals surface area contributed by atoms with E-state index in [1.807, 2.05) is 17.1 Å². The highest BCUT2D eigenvalue weighted by Gasteiger charge is 2.29. The van der Waals surface area contributed by atoms with Crippen molar-refractivity contribution in [3.05, 3.63) is 35.4 Å². The number of hydrogen-bond acceptors (Lipinski definition) is 5. The normalized spacial score (nSPS) is 22.2. The van der Waals surface area contributed by atoms with Gasteiger partial charge in [0.25, 0.3) is 0 Å². The van der Waals surface area contributed by atoms with Crippen LogP contribution < -0.4 is 5.32 Å². The van der Waals surface area contributed by atoms with Crippen molar-refractivity contribution in [1.29, 1.82) is 0 Å². The van der Waals surface area contributed by atoms with Gasteiger partial charge < -0.3 is 10.1 Å². The topological polar surface area (TPSA) is 64.9 Å². The summed E-state index contributed by atoms with van der Waals surface area (Å²) in [7, 11) is 0. The van der Waals surface area contributed by atoms with E-state index >= 15 is 0 Å². The van der Waals surface area contributed by atoms with E-state index in [1.165, 1.54) is 0 Å². The second-order valence-electron chi connectivity index (χ2n) is 5.04. The third-order valence-corrected chi connectivity index (χ3v) is 3.76. The van der Waals surface area contributed by atoms with Crippen LogP contribution >= 0.6 is 11.6 Å². The maximum atomic E-state index is 5.93. The number of nitrogens with one attached hydrogen (secondary N) is 1. The molecule has 3 rings (SSSR count). The molecular formula is C14H18ClN5O. The minimum Gasteiger partial charge on any atom is -0.371 e. The van der Waals surface area contributed by atoms with Crippen molar-refractivity contribution in [2.75, 3.05) is 11.9 Å². The average Bonchev–Trinajstić information content (AvgIpc) is 2.99. The molecule has 1 N–H and O–H groups in total. The lowest BCUT2D eigenvalue weighted by molar-refractivity contribution is 0.00540. The summed E-state index contributed by atoms with van der Waals surface area (Å²) in [5.41, 5.74) is 1.09. The molecule has 2 atom stereocenters. The number of halogens is 1. The summed E-state index contributed by atoms with van der Waals surface area (Å²) >= 11 is 5.81. The van der Waals surface area contributed by atoms with Gasteiger partial charge in [-0.15, -0.1) is 0 Å². The van der Waals surface area contributed by atoms with Crippen molar-refractivity contribution >= 4 is 17.5 Å². The first kappa shape index (κ1) is 14.3. The Kier molecular flexibility index (Phi) is 4.36. The van der Waals surface area contributed by atoms with E-state index in [2.05, 4.69) is 27.3 Å². The standard InChI is InChI=1S/C14H18ClN5O/c1-2-20-9-10(6-18-20)13-12(4-3-5-21-13)19-14-16-7-11(15)8-17-14/h6-9,12-13H,2-5H2,1H3,(H,16,17,19)/t12-,13+/m0/s1. The molecule has 2 aromatic heterocycles. The molecule has 6 nitrogen and oxygen atoms in total. The van der Waals surface area contributed by atoms with Gasteiger partial charge in [0.15, 0.2) is 0 Å². The number of anilines is 1. The van der Waals surface area contributed by atoms with Crippen molar-refractivity contribution in [3.63, 3.8) is 0 Å². The van der Waals surface area contributed by atoms with Gasteiger partial charge in [0, 0.05) is 24.9 Å². The molecule has 0 bridgehead atoms. The zero-order chi connectivity index (χ0) is 14.7. The van der Waals surface area contributed by atoms with Crippen molar-refractivity contribution in [1.82, 2.24) is 19.7 Å². The molecule has 1 saturated heterocycles. The predicted molar refractivity (Wildman–Crippen MR) is 80.3 cm³/mol. The molecule has 0 saturated carbocycles. The molecule has 0 unspecified atom stereocenters. The van der Waals surface area contributed by atoms with Gasteiger partial charge in [-0.25, -0.2) is 9.97 Å². The summed E-state index contributed by atoms with van der Waals surface area (Å²) in [6.45, 7) is 3.68. The van der Waals surface area contributed by atoms with Crippen LogP contribution in [0, 0.1) is 0 Å². The Bertz CT molecular complexity index is 585. The van der Waals surface area contributed by atoms with Crippen molar-refractivity contribution < 1.29 is 4.74 Å². The van der Waals surface area contributed by atoms with Crippen LogP contribution in [-0.4, -0.2) is 32.4 Å². The molecule has 0 aromatic carbocycles. The van der Waals surface area contributed by atoms with E-state index in [9.17, 15) is 0 Å². The van der Waals surface area contributed by atoms with E-state index < -0.39 is 0 Å². The minimum absolute atomic E-state index is 0.0293. The van der Waals surface area contributed by atoms with E-state index in [0.29, 0.717) is 11.0 Å². The first-order valence-corrected chi connectivity index (χ1v) is 7.52. The highest BCUT2D eigenvalue weighted by molar-refractivity contribution is 6.30. The summed E-state index contributed by atoms with van der Waals surface area (Å²) in [6, 6.07) is 0.134. The van der Waals surface area contributed by atoms with Gasteiger partial charge >= 0.3 is 0 Å². The molecule has 0 spiro atoms. The molecule has 1 fully saturated rings. The van der Waals surface area contributed by atoms with Crippen LogP contribution in [0.1, 0.15) is 31.4 Å². The molecule has 112 valence electrons. The van der Waals surface area contributed by atoms with Crippen molar-refractivity contribution in [2.24, 2.45) is 0 Å². The smallest absolute Gasteiger partial charge is 0.222 e. The quantitative estimate of drug-likeness (QED) is 0.941. The molecule has 0 aliphatic carbocycles. The fraction of sp³-hybridized carbons (Fsp3) is 0.500. The van der Waals surface area contributed by atoms with Gasteiger partial charge in [-0.3, -0.25) is 4.68 Å². The van der Waals surface area contributed by atoms with Gasteiger partial charge in [0.05, 0.1) is 29.7 Å². The number of nitrogens with zero attached hydrogens (tertiary/aromatic N) is 4. The lowest BCUT2D eigenvalue weighted by Crippen LogP contribution is -2.34. The summed E-state index contributed by atoms with van der Waals surface area (Å²) in [5.74, 6) is 0.572. The SMILES string of the molecule is CCn1cc([C@H]2OCCC[C@@H]2Nc2ncc(Cl)cn2)cn1. The predicted octanol–water partition coefficient (Wildman–Crippen LogP) is 2.68. The molecule has 0 radical (unpaired) electrons. The minimum atomic E-state index is -0.0293. The van der Waals surface area contributed by atoms with E-state index in [-0.39, 0.29) is 12.1 Å². The van der Waals surface area contributed by atoms with Gasteiger partial charge in [0.1, 0.15) is 6.10 Å². The summed E-state index contributed by atoms with van der Waals surface area (Å²) in [5, 5.41) is 8.19. The van der Waals surface area contributed by atoms with Crippen molar-refractivity contribution in [3.8, 4) is 0 Å². The Morgan fingerprint density at radius 1 is 1.38 bits per heavy atom. The molecular weight excluding hydrogens is 290 g/mol. The first-order chi connectivity index (χ1) is 10.3. The van der Waals surface area contributed by atoms with E-state index in [4.69, 9.17) is 16.3 Å². The van der Waals surface area contributed by atoms with Crippen LogP contribution in [0.15, 0.2) is 24.8 Å². The maximum absolute atomic E-state index is 5.93. The number of aryl methyl sites for hydroxylation is 1. The largest absolute Gasteiger partial charge is 0.371 e. The van der Waals surface area contributed by atoms with Crippen LogP contribution in [0.3, 0.4) is 0 Å². The highest BCUT2D eigenvalue weighted by Crippen LogP contribution is 2.30. The lowest BCUT2D eigenvalue weighted by Gasteiger charge is -2.31. The molecule has 21 heavy (non-hydrogen) atoms. The average molecular weight is 308 g/mol. The van der Waals surface area contributed by atoms with Gasteiger partial charge in [0.2, 0.25) is 5.95 Å². The molecule has 2 aromatic rings. The zero-order valence-corrected chi connectivity index (χ0v) is 12.6. The Morgan fingerprint density at radius 3 is 2.90 bits per heavy atom. The lowest BCUT2D eigenvalue weighted by atomic mass is 9.98. The fourth-order valence-electron chi connectivity index (χ4n) is 2.51. The zero-order valence-electron chi connectivity index (χ0n) is 11.9. The van der Waals surface area contributed by atoms with Crippen LogP contribution in [0.4, 0.5) is 5.95 Å². The Hall–Kier alpha value is -1.66.